The van der Waals surface area contributed by atoms with E-state index >= 15 is 0 Å². The lowest BCUT2D eigenvalue weighted by Crippen LogP contribution is -2.36. The third-order valence-electron chi connectivity index (χ3n) is 3.44. The van der Waals surface area contributed by atoms with Crippen molar-refractivity contribution >= 4 is 11.7 Å². The molecule has 0 aliphatic carbocycles. The van der Waals surface area contributed by atoms with E-state index in [2.05, 4.69) is 16.8 Å². The molecule has 9 nitrogen and oxygen atoms in total. The summed E-state index contributed by atoms with van der Waals surface area (Å²) in [5.41, 5.74) is 4.71. The average molecular weight is 376 g/mol. The van der Waals surface area contributed by atoms with Crippen LogP contribution in [0.3, 0.4) is 0 Å². The van der Waals surface area contributed by atoms with E-state index in [9.17, 15) is 27.9 Å². The fraction of sp³-hybridized carbons (Fsp3) is 0.500. The van der Waals surface area contributed by atoms with Crippen molar-refractivity contribution in [1.82, 2.24) is 14.9 Å². The molecule has 0 spiro atoms. The van der Waals surface area contributed by atoms with Crippen molar-refractivity contribution in [3.05, 3.63) is 22.2 Å². The number of nitrogens with two attached hydrogens (primary N) is 1. The van der Waals surface area contributed by atoms with Gasteiger partial charge in [0, 0.05) is 12.6 Å². The lowest BCUT2D eigenvalue weighted by atomic mass is 10.2. The number of nitrogens with zero attached hydrogens (tertiary/aromatic N) is 2. The van der Waals surface area contributed by atoms with Crippen LogP contribution in [0.5, 0.6) is 0 Å². The first-order valence-corrected chi connectivity index (χ1v) is 7.30. The fourth-order valence-electron chi connectivity index (χ4n) is 2.22. The van der Waals surface area contributed by atoms with Gasteiger partial charge in [-0.1, -0.05) is 11.8 Å². The van der Waals surface area contributed by atoms with E-state index in [1.54, 1.807) is 5.32 Å². The fourth-order valence-corrected chi connectivity index (χ4v) is 2.22. The number of aliphatic hydroxyl groups is 2. The molecule has 1 amide bonds. The molecule has 0 unspecified atom stereocenters. The van der Waals surface area contributed by atoms with Gasteiger partial charge in [0.25, 0.3) is 0 Å². The molecule has 0 aromatic carbocycles. The van der Waals surface area contributed by atoms with Gasteiger partial charge in [-0.25, -0.2) is 4.79 Å². The summed E-state index contributed by atoms with van der Waals surface area (Å²) in [7, 11) is 0. The third-order valence-corrected chi connectivity index (χ3v) is 3.44. The highest BCUT2D eigenvalue weighted by Crippen LogP contribution is 2.27. The summed E-state index contributed by atoms with van der Waals surface area (Å²) in [5.74, 6) is 2.23. The Bertz CT molecular complexity index is 798. The van der Waals surface area contributed by atoms with Crippen LogP contribution in [0.15, 0.2) is 11.0 Å². The van der Waals surface area contributed by atoms with Crippen molar-refractivity contribution in [2.75, 3.05) is 18.9 Å². The molecule has 3 atom stereocenters. The van der Waals surface area contributed by atoms with Gasteiger partial charge in [0.2, 0.25) is 0 Å². The molecule has 1 aliphatic heterocycles. The molecule has 0 radical (unpaired) electrons. The van der Waals surface area contributed by atoms with Gasteiger partial charge in [0.15, 0.2) is 6.23 Å². The first kappa shape index (κ1) is 19.7. The Morgan fingerprint density at radius 2 is 2.23 bits per heavy atom. The highest BCUT2D eigenvalue weighted by Gasteiger charge is 2.38. The summed E-state index contributed by atoms with van der Waals surface area (Å²) in [6.45, 7) is -0.956. The molecule has 12 heteroatoms. The number of anilines is 1. The van der Waals surface area contributed by atoms with Gasteiger partial charge in [0.05, 0.1) is 24.8 Å². The Hall–Kier alpha value is -2.62. The lowest BCUT2D eigenvalue weighted by Gasteiger charge is -2.17. The predicted octanol–water partition coefficient (Wildman–Crippen LogP) is -1.50. The number of halogens is 3. The van der Waals surface area contributed by atoms with Crippen molar-refractivity contribution in [3.63, 3.8) is 0 Å². The highest BCUT2D eigenvalue weighted by atomic mass is 19.4. The van der Waals surface area contributed by atoms with Gasteiger partial charge in [0.1, 0.15) is 11.9 Å². The van der Waals surface area contributed by atoms with Crippen LogP contribution in [-0.4, -0.2) is 57.2 Å². The zero-order valence-electron chi connectivity index (χ0n) is 13.2. The van der Waals surface area contributed by atoms with Crippen LogP contribution in [0, 0.1) is 11.8 Å². The summed E-state index contributed by atoms with van der Waals surface area (Å²) in [5, 5.41) is 20.6. The molecule has 1 aliphatic rings. The van der Waals surface area contributed by atoms with E-state index < -0.39 is 42.8 Å². The SMILES string of the molecule is Nc1nc(=O)n([C@@H]2O[C@H](CO)C[C@H]2O)cc1C#CCNC(=O)C(F)(F)F. The van der Waals surface area contributed by atoms with E-state index in [1.165, 1.54) is 0 Å². The monoisotopic (exact) mass is 376 g/mol. The smallest absolute Gasteiger partial charge is 0.394 e. The molecule has 26 heavy (non-hydrogen) atoms. The number of carbonyl (C=O) groups excluding carboxylic acids is 1. The number of aromatic nitrogens is 2. The first-order valence-electron chi connectivity index (χ1n) is 7.30. The normalized spacial score (nSPS) is 22.6. The molecule has 5 N–H and O–H groups in total. The predicted molar refractivity (Wildman–Crippen MR) is 80.5 cm³/mol. The van der Waals surface area contributed by atoms with Crippen molar-refractivity contribution < 1.29 is 32.9 Å². The van der Waals surface area contributed by atoms with Crippen LogP contribution >= 0.6 is 0 Å². The average Bonchev–Trinajstić information content (AvgIpc) is 2.93. The summed E-state index contributed by atoms with van der Waals surface area (Å²) in [4.78, 5) is 26.1. The summed E-state index contributed by atoms with van der Waals surface area (Å²) in [6, 6.07) is 0. The van der Waals surface area contributed by atoms with E-state index in [-0.39, 0.29) is 24.4 Å². The van der Waals surface area contributed by atoms with E-state index in [4.69, 9.17) is 15.6 Å². The minimum absolute atomic E-state index is 0.00546. The number of ether oxygens (including phenoxy) is 1. The second kappa shape index (κ2) is 7.73. The second-order valence-corrected chi connectivity index (χ2v) is 5.35. The Labute approximate surface area is 144 Å². The maximum absolute atomic E-state index is 12.0. The van der Waals surface area contributed by atoms with Crippen molar-refractivity contribution in [1.29, 1.82) is 0 Å². The number of alkyl halides is 3. The number of nitrogens with one attached hydrogen (secondary N) is 1. The zero-order valence-corrected chi connectivity index (χ0v) is 13.2. The molecule has 1 saturated heterocycles. The molecule has 1 fully saturated rings. The second-order valence-electron chi connectivity index (χ2n) is 5.35. The molecule has 142 valence electrons. The van der Waals surface area contributed by atoms with Crippen LogP contribution in [0.2, 0.25) is 0 Å². The van der Waals surface area contributed by atoms with Crippen molar-refractivity contribution in [2.24, 2.45) is 0 Å². The number of nitrogen functional groups attached to an aromatic ring is 1. The van der Waals surface area contributed by atoms with Crippen molar-refractivity contribution in [2.45, 2.75) is 31.0 Å². The quantitative estimate of drug-likeness (QED) is 0.471. The first-order chi connectivity index (χ1) is 12.1. The number of aliphatic hydroxyl groups excluding tert-OH is 2. The van der Waals surface area contributed by atoms with E-state index in [0.717, 1.165) is 10.8 Å². The van der Waals surface area contributed by atoms with Crippen molar-refractivity contribution in [3.8, 4) is 11.8 Å². The summed E-state index contributed by atoms with van der Waals surface area (Å²) < 4.78 is 42.4. The number of amides is 1. The molecular weight excluding hydrogens is 361 g/mol. The Morgan fingerprint density at radius 3 is 2.81 bits per heavy atom. The lowest BCUT2D eigenvalue weighted by molar-refractivity contribution is -0.173. The van der Waals surface area contributed by atoms with Gasteiger partial charge in [-0.2, -0.15) is 18.2 Å². The molecule has 0 saturated carbocycles. The Morgan fingerprint density at radius 1 is 1.54 bits per heavy atom. The molecule has 2 heterocycles. The zero-order chi connectivity index (χ0) is 19.5. The highest BCUT2D eigenvalue weighted by molar-refractivity contribution is 5.81. The van der Waals surface area contributed by atoms with E-state index in [1.807, 2.05) is 0 Å². The van der Waals surface area contributed by atoms with Crippen LogP contribution in [0.1, 0.15) is 18.2 Å². The molecule has 1 aromatic rings. The van der Waals surface area contributed by atoms with Crippen LogP contribution in [0.25, 0.3) is 0 Å². The van der Waals surface area contributed by atoms with Gasteiger partial charge in [-0.05, 0) is 0 Å². The molecule has 2 rings (SSSR count). The number of carbonyl (C=O) groups is 1. The van der Waals surface area contributed by atoms with Gasteiger partial charge in [-0.3, -0.25) is 9.36 Å². The van der Waals surface area contributed by atoms with Gasteiger partial charge in [-0.15, -0.1) is 0 Å². The molecule has 1 aromatic heterocycles. The number of hydrogen-bond donors (Lipinski definition) is 4. The maximum Gasteiger partial charge on any atom is 0.471 e. The standard InChI is InChI=1S/C14H15F3N4O5/c15-14(16,17)12(24)19-3-1-2-7-5-21(13(25)20-10(7)18)11-9(23)4-8(6-22)26-11/h5,8-9,11,22-23H,3-4,6H2,(H,19,24)(H2,18,20,25)/t8-,9+,11+/m0/s1. The van der Waals surface area contributed by atoms with Crippen LogP contribution < -0.4 is 16.7 Å². The summed E-state index contributed by atoms with van der Waals surface area (Å²) in [6.07, 6.45) is -6.64. The summed E-state index contributed by atoms with van der Waals surface area (Å²) >= 11 is 0. The molecular formula is C14H15F3N4O5. The van der Waals surface area contributed by atoms with Crippen LogP contribution in [0.4, 0.5) is 19.0 Å². The minimum Gasteiger partial charge on any atom is -0.394 e. The number of rotatable bonds is 3. The minimum atomic E-state index is -5.02. The Kier molecular flexibility index (Phi) is 5.86. The van der Waals surface area contributed by atoms with Gasteiger partial charge >= 0.3 is 17.8 Å². The maximum atomic E-state index is 12.0. The molecule has 0 bridgehead atoms. The van der Waals surface area contributed by atoms with E-state index in [0.29, 0.717) is 0 Å². The largest absolute Gasteiger partial charge is 0.471 e. The topological polar surface area (TPSA) is 140 Å². The third kappa shape index (κ3) is 4.51. The Balaban J connectivity index is 2.18. The van der Waals surface area contributed by atoms with Crippen LogP contribution in [-0.2, 0) is 9.53 Å². The number of hydrogen-bond acceptors (Lipinski definition) is 7. The van der Waals surface area contributed by atoms with Gasteiger partial charge < -0.3 is 26.0 Å².